The maximum atomic E-state index is 11.7. The van der Waals surface area contributed by atoms with Gasteiger partial charge >= 0.3 is 63.9 Å². The van der Waals surface area contributed by atoms with E-state index in [1.807, 2.05) is 20.8 Å². The van der Waals surface area contributed by atoms with E-state index < -0.39 is 51.8 Å². The van der Waals surface area contributed by atoms with Crippen molar-refractivity contribution in [2.24, 2.45) is 35.5 Å². The van der Waals surface area contributed by atoms with Gasteiger partial charge in [0, 0.05) is 25.7 Å². The summed E-state index contributed by atoms with van der Waals surface area (Å²) in [5, 5.41) is 0. The SMILES string of the molecule is CC(=O)OC1[C@H]([O][Al][I])OC(C)[C@H](C)[C@@H]1C.CC1=[O+][C@H]2OC(C)[C@H](C)[C@H](C)C2O1.CC1O[C@@H]2OC(C)([O][Al][I])OC2[C@@H](C)[C@H]1C.C[Si](C)(C)OS(=O)(=O)C(F)(F)F.O=S(=O)([O-])C(F)(F)F. The molecule has 0 bridgehead atoms. The summed E-state index contributed by atoms with van der Waals surface area (Å²) >= 11 is 4.11. The van der Waals surface area contributed by atoms with E-state index in [0.29, 0.717) is 35.6 Å². The Morgan fingerprint density at radius 3 is 1.63 bits per heavy atom. The van der Waals surface area contributed by atoms with Crippen molar-refractivity contribution in [1.82, 2.24) is 0 Å². The van der Waals surface area contributed by atoms with Gasteiger partial charge in [0.2, 0.25) is 8.32 Å². The standard InChI is InChI=1S/2C10H17O4.C10H17O3.C4H9F3O3SSi.CHF3O3S.2Al.2HI/c1-5-6(2)8-9(12-7(5)3)14-10(4,11)13-8;1-5-6(2)9(14-8(4)11)10(12)13-7(5)3;1-5-6(2)9-10(11-7(5)3)13-8(4)12-9;1-12(2,3)10-11(8,9)4(5,6)7;2-1(3,4)8(5,6)7;;;;/h5-9H,1-4H3;5-7,9-10H,1-4H3;5-7,9-10H,1-4H3;1-3H3;(H,5,6,7);;;2*1H/q2*-1;+1;;;2*+2;;/p-3/t5-,6+,7?,8?,9-,10?;2*5-,6+,7?,9?,10-;;;;;;/m111....../s1. The van der Waals surface area contributed by atoms with Crippen LogP contribution < -0.4 is 0 Å². The van der Waals surface area contributed by atoms with Gasteiger partial charge in [-0.05, 0) is 64.1 Å². The molecule has 5 aliphatic heterocycles. The van der Waals surface area contributed by atoms with E-state index in [4.69, 9.17) is 58.1 Å². The lowest BCUT2D eigenvalue weighted by Crippen LogP contribution is -2.51. The summed E-state index contributed by atoms with van der Waals surface area (Å²) in [7, 11) is -14.2. The van der Waals surface area contributed by atoms with E-state index in [-0.39, 0.29) is 85.6 Å². The first-order valence-corrected chi connectivity index (χ1v) is 35.6. The van der Waals surface area contributed by atoms with Crippen LogP contribution in [0.5, 0.6) is 0 Å². The van der Waals surface area contributed by atoms with Gasteiger partial charge in [0.05, 0.1) is 25.2 Å². The second-order valence-corrected chi connectivity index (χ2v) is 28.6. The average molecular weight is 1270 g/mol. The summed E-state index contributed by atoms with van der Waals surface area (Å²) in [5.74, 6) is 1.96. The van der Waals surface area contributed by atoms with Gasteiger partial charge in [-0.2, -0.15) is 75.3 Å². The molecule has 0 aromatic heterocycles. The zero-order valence-electron chi connectivity index (χ0n) is 38.6. The first kappa shape index (κ1) is 63.8. The van der Waals surface area contributed by atoms with Crippen LogP contribution in [0.25, 0.3) is 0 Å². The summed E-state index contributed by atoms with van der Waals surface area (Å²) in [6, 6.07) is 0. The Balaban J connectivity index is 0.000000414. The Kier molecular flexibility index (Phi) is 25.5. The number of rotatable bonds is 7. The van der Waals surface area contributed by atoms with E-state index in [1.165, 1.54) is 26.6 Å². The molecule has 0 saturated carbocycles. The van der Waals surface area contributed by atoms with Gasteiger partial charge in [0.25, 0.3) is 12.1 Å². The van der Waals surface area contributed by atoms with Crippen LogP contribution in [0, 0.1) is 35.5 Å². The third-order valence-corrected chi connectivity index (χ3v) is 17.6. The Bertz CT molecular complexity index is 1770. The van der Waals surface area contributed by atoms with Crippen LogP contribution in [0.1, 0.15) is 83.1 Å². The first-order valence-electron chi connectivity index (χ1n) is 20.1. The largest absolute Gasteiger partial charge is 0.741 e. The van der Waals surface area contributed by atoms with Gasteiger partial charge in [-0.15, -0.1) is 0 Å². The third-order valence-electron chi connectivity index (χ3n) is 11.1. The van der Waals surface area contributed by atoms with Crippen LogP contribution in [-0.4, -0.2) is 139 Å². The lowest BCUT2D eigenvalue weighted by atomic mass is 9.84. The Morgan fingerprint density at radius 2 is 1.22 bits per heavy atom. The van der Waals surface area contributed by atoms with E-state index in [1.54, 1.807) is 0 Å². The molecule has 5 aliphatic rings. The number of carbonyl (C=O) groups is 1. The maximum Gasteiger partial charge on any atom is 0.528 e. The van der Waals surface area contributed by atoms with Gasteiger partial charge in [-0.25, -0.2) is 8.42 Å². The van der Waals surface area contributed by atoms with Crippen molar-refractivity contribution in [2.75, 3.05) is 0 Å². The molecule has 380 valence electrons. The Hall–Kier alpha value is 0.802. The molecule has 0 aromatic carbocycles. The molecule has 0 aliphatic carbocycles. The van der Waals surface area contributed by atoms with Crippen molar-refractivity contribution in [2.45, 2.75) is 175 Å². The molecule has 4 fully saturated rings. The van der Waals surface area contributed by atoms with Gasteiger partial charge in [0.15, 0.2) is 28.8 Å². The van der Waals surface area contributed by atoms with Crippen molar-refractivity contribution >= 4 is 106 Å². The number of hydrogen-bond acceptors (Lipinski definition) is 16. The summed E-state index contributed by atoms with van der Waals surface area (Å²) in [6.07, 6.45) is -0.489. The number of alkyl halides is 6. The molecule has 0 amide bonds. The highest BCUT2D eigenvalue weighted by molar-refractivity contribution is 14.1. The van der Waals surface area contributed by atoms with E-state index in [0.717, 1.165) is 0 Å². The molecular weight excluding hydrogens is 1210 g/mol. The smallest absolute Gasteiger partial charge is 0.528 e. The highest BCUT2D eigenvalue weighted by Crippen LogP contribution is 2.42. The van der Waals surface area contributed by atoms with Crippen LogP contribution in [0.3, 0.4) is 0 Å². The molecule has 0 aromatic rings. The molecule has 30 heteroatoms. The molecular formula is C35H60Al2F6I2O17S2Si. The Labute approximate surface area is 414 Å². The summed E-state index contributed by atoms with van der Waals surface area (Å²) in [6.45, 7) is 28.3. The number of ether oxygens (including phenoxy) is 7. The lowest BCUT2D eigenvalue weighted by molar-refractivity contribution is -0.568. The minimum atomic E-state index is -6.09. The van der Waals surface area contributed by atoms with E-state index >= 15 is 0 Å². The minimum absolute atomic E-state index is 0.0152. The van der Waals surface area contributed by atoms with Gasteiger partial charge < -0.3 is 44.4 Å². The second kappa shape index (κ2) is 26.0. The van der Waals surface area contributed by atoms with Crippen molar-refractivity contribution in [1.29, 1.82) is 0 Å². The normalized spacial score (nSPS) is 36.9. The molecule has 17 nitrogen and oxygen atoms in total. The minimum Gasteiger partial charge on any atom is -0.741 e. The van der Waals surface area contributed by atoms with Crippen LogP contribution in [0.2, 0.25) is 19.6 Å². The van der Waals surface area contributed by atoms with Crippen LogP contribution in [-0.2, 0) is 74.1 Å². The average Bonchev–Trinajstić information content (AvgIpc) is 3.67. The molecule has 4 saturated heterocycles. The van der Waals surface area contributed by atoms with Crippen molar-refractivity contribution in [3.05, 3.63) is 0 Å². The number of hydrogen-bond donors (Lipinski definition) is 0. The number of carbonyl (C=O) groups excluding carboxylic acids is 2. The van der Waals surface area contributed by atoms with Gasteiger partial charge in [-0.3, -0.25) is 14.0 Å². The fourth-order valence-electron chi connectivity index (χ4n) is 6.57. The molecule has 2 radical (unpaired) electrons. The third kappa shape index (κ3) is 19.7. The van der Waals surface area contributed by atoms with E-state index in [2.05, 4.69) is 99.8 Å². The number of fused-ring (bicyclic) bond motifs is 2. The summed E-state index contributed by atoms with van der Waals surface area (Å²) < 4.78 is 175. The molecule has 0 N–H and O–H groups in total. The van der Waals surface area contributed by atoms with Crippen LogP contribution in [0.4, 0.5) is 26.3 Å². The van der Waals surface area contributed by atoms with Crippen LogP contribution >= 0.6 is 40.5 Å². The van der Waals surface area contributed by atoms with Crippen molar-refractivity contribution < 1.29 is 102 Å². The molecule has 5 heterocycles. The zero-order valence-corrected chi connectivity index (χ0v) is 47.9. The maximum absolute atomic E-state index is 11.7. The summed E-state index contributed by atoms with van der Waals surface area (Å²) in [4.78, 5) is 11.1. The van der Waals surface area contributed by atoms with Gasteiger partial charge in [0.1, 0.15) is 6.10 Å². The first-order chi connectivity index (χ1) is 29.2. The highest BCUT2D eigenvalue weighted by Gasteiger charge is 2.54. The second-order valence-electron chi connectivity index (χ2n) is 17.0. The van der Waals surface area contributed by atoms with Crippen molar-refractivity contribution in [3.63, 3.8) is 0 Å². The van der Waals surface area contributed by atoms with Crippen molar-refractivity contribution in [3.8, 4) is 0 Å². The number of esters is 2. The van der Waals surface area contributed by atoms with Gasteiger partial charge in [-0.1, -0.05) is 41.5 Å². The topological polar surface area (TPSA) is 212 Å². The molecule has 7 unspecified atom stereocenters. The monoisotopic (exact) mass is 1270 g/mol. The zero-order chi connectivity index (χ0) is 51.0. The predicted molar refractivity (Wildman–Crippen MR) is 240 cm³/mol. The number of halogens is 8. The molecule has 5 rings (SSSR count). The molecule has 0 spiro atoms. The quantitative estimate of drug-likeness (QED) is 0.0468. The highest BCUT2D eigenvalue weighted by atomic mass is 127. The lowest BCUT2D eigenvalue weighted by Gasteiger charge is -2.43. The Morgan fingerprint density at radius 1 is 0.754 bits per heavy atom. The van der Waals surface area contributed by atoms with Crippen LogP contribution in [0.15, 0.2) is 0 Å². The molecule has 16 atom stereocenters. The van der Waals surface area contributed by atoms with E-state index in [9.17, 15) is 39.6 Å². The summed E-state index contributed by atoms with van der Waals surface area (Å²) in [5.41, 5.74) is -11.0. The predicted octanol–water partition coefficient (Wildman–Crippen LogP) is 7.22. The fraction of sp³-hybridized carbons (Fsp3) is 0.943. The molecule has 65 heavy (non-hydrogen) atoms. The fourth-order valence-corrected chi connectivity index (χ4v) is 12.4.